The first kappa shape index (κ1) is 19.8. The second-order valence-electron chi connectivity index (χ2n) is 8.11. The highest BCUT2D eigenvalue weighted by molar-refractivity contribution is 6.30. The number of fused-ring (bicyclic) bond motifs is 1. The molecular formula is C24H25ClN6. The molecule has 0 radical (unpaired) electrons. The van der Waals surface area contributed by atoms with Crippen LogP contribution in [-0.4, -0.2) is 26.7 Å². The Bertz CT molecular complexity index is 1180. The summed E-state index contributed by atoms with van der Waals surface area (Å²) in [6.45, 7) is 0. The maximum Gasteiger partial charge on any atom is 0.177 e. The highest BCUT2D eigenvalue weighted by atomic mass is 35.5. The molecule has 31 heavy (non-hydrogen) atoms. The minimum Gasteiger partial charge on any atom is -0.366 e. The van der Waals surface area contributed by atoms with Gasteiger partial charge in [-0.2, -0.15) is 0 Å². The van der Waals surface area contributed by atoms with Gasteiger partial charge in [0, 0.05) is 41.3 Å². The van der Waals surface area contributed by atoms with E-state index in [4.69, 9.17) is 17.3 Å². The summed E-state index contributed by atoms with van der Waals surface area (Å²) in [5.41, 5.74) is 10.9. The number of nitrogens with two attached hydrogens (primary N) is 1. The lowest BCUT2D eigenvalue weighted by Gasteiger charge is -2.27. The molecule has 4 N–H and O–H groups in total. The van der Waals surface area contributed by atoms with Crippen LogP contribution in [0.2, 0.25) is 5.02 Å². The monoisotopic (exact) mass is 432 g/mol. The van der Waals surface area contributed by atoms with Crippen molar-refractivity contribution in [3.05, 3.63) is 72.0 Å². The molecule has 5 rings (SSSR count). The molecule has 1 fully saturated rings. The normalized spacial score (nSPS) is 18.8. The maximum absolute atomic E-state index is 6.13. The van der Waals surface area contributed by atoms with Crippen molar-refractivity contribution in [2.45, 2.75) is 37.8 Å². The van der Waals surface area contributed by atoms with Gasteiger partial charge in [0.15, 0.2) is 5.65 Å². The van der Waals surface area contributed by atoms with Gasteiger partial charge in [-0.3, -0.25) is 0 Å². The van der Waals surface area contributed by atoms with E-state index in [9.17, 15) is 0 Å². The molecule has 0 saturated heterocycles. The quantitative estimate of drug-likeness (QED) is 0.389. The van der Waals surface area contributed by atoms with Crippen LogP contribution < -0.4 is 16.4 Å². The fraction of sp³-hybridized carbons (Fsp3) is 0.250. The summed E-state index contributed by atoms with van der Waals surface area (Å²) in [6, 6.07) is 18.9. The van der Waals surface area contributed by atoms with Crippen LogP contribution in [0.3, 0.4) is 0 Å². The Kier molecular flexibility index (Phi) is 5.49. The van der Waals surface area contributed by atoms with Crippen LogP contribution in [0.15, 0.2) is 67.0 Å². The largest absolute Gasteiger partial charge is 0.366 e. The van der Waals surface area contributed by atoms with Gasteiger partial charge in [0.2, 0.25) is 0 Å². The van der Waals surface area contributed by atoms with Gasteiger partial charge in [-0.15, -0.1) is 5.10 Å². The topological polar surface area (TPSA) is 80.3 Å². The summed E-state index contributed by atoms with van der Waals surface area (Å²) >= 11 is 6.13. The molecule has 2 aromatic carbocycles. The predicted molar refractivity (Wildman–Crippen MR) is 127 cm³/mol. The second kappa shape index (κ2) is 8.57. The average Bonchev–Trinajstić information content (AvgIpc) is 3.25. The Morgan fingerprint density at radius 3 is 2.55 bits per heavy atom. The van der Waals surface area contributed by atoms with Gasteiger partial charge < -0.3 is 16.4 Å². The Hall–Kier alpha value is -3.09. The van der Waals surface area contributed by atoms with Crippen molar-refractivity contribution < 1.29 is 0 Å². The Morgan fingerprint density at radius 2 is 1.77 bits per heavy atom. The average molecular weight is 433 g/mol. The van der Waals surface area contributed by atoms with Crippen LogP contribution in [0.1, 0.15) is 25.7 Å². The van der Waals surface area contributed by atoms with Gasteiger partial charge in [0.1, 0.15) is 5.82 Å². The number of nitrogens with zero attached hydrogens (tertiary/aromatic N) is 3. The molecule has 2 heterocycles. The summed E-state index contributed by atoms with van der Waals surface area (Å²) in [5, 5.41) is 12.5. The number of rotatable bonds is 5. The first-order valence-corrected chi connectivity index (χ1v) is 11.0. The minimum atomic E-state index is 0.328. The van der Waals surface area contributed by atoms with Crippen LogP contribution in [0.5, 0.6) is 0 Å². The van der Waals surface area contributed by atoms with Crippen molar-refractivity contribution in [3.8, 4) is 11.1 Å². The van der Waals surface area contributed by atoms with Gasteiger partial charge in [0.05, 0.1) is 5.69 Å². The summed E-state index contributed by atoms with van der Waals surface area (Å²) in [4.78, 5) is 4.47. The molecule has 0 amide bonds. The Balaban J connectivity index is 1.37. The van der Waals surface area contributed by atoms with E-state index in [-0.39, 0.29) is 0 Å². The first-order chi connectivity index (χ1) is 15.1. The number of benzene rings is 2. The van der Waals surface area contributed by atoms with Gasteiger partial charge in [-0.1, -0.05) is 35.9 Å². The van der Waals surface area contributed by atoms with E-state index in [1.807, 2.05) is 30.5 Å². The molecule has 0 aliphatic heterocycles. The van der Waals surface area contributed by atoms with E-state index in [2.05, 4.69) is 51.0 Å². The smallest absolute Gasteiger partial charge is 0.177 e. The van der Waals surface area contributed by atoms with Crippen LogP contribution in [0, 0.1) is 0 Å². The fourth-order valence-corrected chi connectivity index (χ4v) is 4.31. The van der Waals surface area contributed by atoms with E-state index in [1.165, 1.54) is 0 Å². The SMILES string of the molecule is NC1CCC(Nc2cc(Nc3ccc(-c4cccc(Cl)c4)cc3)c3nccn3n2)CC1. The molecule has 1 aliphatic carbocycles. The van der Waals surface area contributed by atoms with Crippen molar-refractivity contribution in [1.82, 2.24) is 14.6 Å². The van der Waals surface area contributed by atoms with Gasteiger partial charge in [-0.05, 0) is 61.1 Å². The Morgan fingerprint density at radius 1 is 0.968 bits per heavy atom. The first-order valence-electron chi connectivity index (χ1n) is 10.6. The zero-order valence-corrected chi connectivity index (χ0v) is 17.9. The number of imidazole rings is 1. The van der Waals surface area contributed by atoms with Crippen molar-refractivity contribution in [2.24, 2.45) is 5.73 Å². The third-order valence-electron chi connectivity index (χ3n) is 5.80. The van der Waals surface area contributed by atoms with E-state index >= 15 is 0 Å². The van der Waals surface area contributed by atoms with E-state index in [1.54, 1.807) is 10.7 Å². The number of halogens is 1. The van der Waals surface area contributed by atoms with Crippen molar-refractivity contribution in [3.63, 3.8) is 0 Å². The van der Waals surface area contributed by atoms with Gasteiger partial charge in [0.25, 0.3) is 0 Å². The highest BCUT2D eigenvalue weighted by Crippen LogP contribution is 2.28. The molecule has 158 valence electrons. The summed E-state index contributed by atoms with van der Waals surface area (Å²) in [7, 11) is 0. The number of hydrogen-bond acceptors (Lipinski definition) is 5. The zero-order chi connectivity index (χ0) is 21.2. The summed E-state index contributed by atoms with van der Waals surface area (Å²) in [6.07, 6.45) is 7.87. The molecule has 1 aliphatic rings. The molecular weight excluding hydrogens is 408 g/mol. The molecule has 0 bridgehead atoms. The molecule has 1 saturated carbocycles. The van der Waals surface area contributed by atoms with Gasteiger partial charge in [-0.25, -0.2) is 9.50 Å². The van der Waals surface area contributed by atoms with Crippen LogP contribution >= 0.6 is 11.6 Å². The second-order valence-corrected chi connectivity index (χ2v) is 8.54. The molecule has 6 nitrogen and oxygen atoms in total. The molecule has 4 aromatic rings. The lowest BCUT2D eigenvalue weighted by Crippen LogP contribution is -2.33. The number of hydrogen-bond donors (Lipinski definition) is 3. The third kappa shape index (κ3) is 4.50. The van der Waals surface area contributed by atoms with Crippen LogP contribution in [-0.2, 0) is 0 Å². The predicted octanol–water partition coefficient (Wildman–Crippen LogP) is 5.48. The molecule has 0 atom stereocenters. The molecule has 0 unspecified atom stereocenters. The lowest BCUT2D eigenvalue weighted by molar-refractivity contribution is 0.410. The maximum atomic E-state index is 6.13. The number of anilines is 3. The van der Waals surface area contributed by atoms with E-state index in [0.717, 1.165) is 64.7 Å². The van der Waals surface area contributed by atoms with E-state index in [0.29, 0.717) is 12.1 Å². The summed E-state index contributed by atoms with van der Waals surface area (Å²) in [5.74, 6) is 0.837. The summed E-state index contributed by atoms with van der Waals surface area (Å²) < 4.78 is 1.81. The minimum absolute atomic E-state index is 0.328. The lowest BCUT2D eigenvalue weighted by atomic mass is 9.92. The fourth-order valence-electron chi connectivity index (χ4n) is 4.12. The van der Waals surface area contributed by atoms with Gasteiger partial charge >= 0.3 is 0 Å². The van der Waals surface area contributed by atoms with E-state index < -0.39 is 0 Å². The molecule has 7 heteroatoms. The van der Waals surface area contributed by atoms with Crippen LogP contribution in [0.25, 0.3) is 16.8 Å². The van der Waals surface area contributed by atoms with Crippen molar-refractivity contribution in [2.75, 3.05) is 10.6 Å². The highest BCUT2D eigenvalue weighted by Gasteiger charge is 2.19. The Labute approximate surface area is 186 Å². The van der Waals surface area contributed by atoms with Crippen molar-refractivity contribution >= 4 is 34.4 Å². The molecule has 2 aromatic heterocycles. The third-order valence-corrected chi connectivity index (χ3v) is 6.04. The standard InChI is InChI=1S/C24H25ClN6/c25-18-3-1-2-17(14-18)16-4-8-20(9-5-16)28-22-15-23(30-31-13-12-27-24(22)31)29-21-10-6-19(26)7-11-21/h1-5,8-9,12-15,19,21,28H,6-7,10-11,26H2,(H,29,30). The number of aromatic nitrogens is 3. The zero-order valence-electron chi connectivity index (χ0n) is 17.1. The van der Waals surface area contributed by atoms with Crippen LogP contribution in [0.4, 0.5) is 17.2 Å². The van der Waals surface area contributed by atoms with Crippen molar-refractivity contribution in [1.29, 1.82) is 0 Å². The molecule has 0 spiro atoms. The number of nitrogens with one attached hydrogen (secondary N) is 2.